The van der Waals surface area contributed by atoms with E-state index >= 15 is 0 Å². The van der Waals surface area contributed by atoms with Gasteiger partial charge < -0.3 is 0 Å². The summed E-state index contributed by atoms with van der Waals surface area (Å²) in [5.74, 6) is -0.238. The number of nitro benzene ring substituents is 1. The molecule has 0 amide bonds. The number of Topliss-reactive ketones (excluding diaryl/α,β-unsaturated/α-hetero) is 1. The molecule has 4 aromatic carbocycles. The summed E-state index contributed by atoms with van der Waals surface area (Å²) in [6, 6.07) is 32.3. The van der Waals surface area contributed by atoms with Gasteiger partial charge in [0.05, 0.1) is 16.3 Å². The van der Waals surface area contributed by atoms with Crippen LogP contribution in [0, 0.1) is 10.1 Å². The Labute approximate surface area is 248 Å². The fourth-order valence-corrected chi connectivity index (χ4v) is 6.55. The Hall–Kier alpha value is -4.76. The summed E-state index contributed by atoms with van der Waals surface area (Å²) in [6.45, 7) is 7.99. The lowest BCUT2D eigenvalue weighted by atomic mass is 9.85. The first-order valence-electron chi connectivity index (χ1n) is 13.6. The zero-order valence-corrected chi connectivity index (χ0v) is 24.5. The van der Waals surface area contributed by atoms with Gasteiger partial charge in [0.2, 0.25) is 4.99 Å². The number of anilines is 2. The van der Waals surface area contributed by atoms with Gasteiger partial charge in [-0.2, -0.15) is 10.2 Å². The predicted octanol–water partition coefficient (Wildman–Crippen LogP) is 7.43. The molecule has 0 saturated heterocycles. The first kappa shape index (κ1) is 27.4. The number of thioether (sulfide) groups is 1. The van der Waals surface area contributed by atoms with E-state index in [0.717, 1.165) is 28.1 Å². The van der Waals surface area contributed by atoms with E-state index in [1.54, 1.807) is 23.2 Å². The second kappa shape index (κ2) is 10.3. The van der Waals surface area contributed by atoms with Crippen LogP contribution in [0.25, 0.3) is 0 Å². The van der Waals surface area contributed by atoms with Crippen molar-refractivity contribution in [1.82, 2.24) is 0 Å². The molecule has 8 nitrogen and oxygen atoms in total. The van der Waals surface area contributed by atoms with Gasteiger partial charge >= 0.3 is 0 Å². The summed E-state index contributed by atoms with van der Waals surface area (Å²) in [5.41, 5.74) is 5.42. The lowest BCUT2D eigenvalue weighted by Gasteiger charge is -2.46. The first-order valence-corrected chi connectivity index (χ1v) is 14.4. The SMILES string of the molecule is CC(=O)C1=NN(c2ccccc2[N+](=O)[O-])[C@@]2(S1)c1ccccc1C(c1ccc(C(C)(C)C)cc1)=NN2c1ccccc1. The van der Waals surface area contributed by atoms with Crippen LogP contribution in [0.3, 0.4) is 0 Å². The Morgan fingerprint density at radius 2 is 1.48 bits per heavy atom. The minimum Gasteiger partial charge on any atom is -0.292 e. The molecule has 2 aliphatic rings. The number of carbonyl (C=O) groups excluding carboxylic acids is 1. The van der Waals surface area contributed by atoms with Crippen molar-refractivity contribution in [2.75, 3.05) is 10.0 Å². The zero-order chi connectivity index (χ0) is 29.6. The molecule has 1 atom stereocenters. The van der Waals surface area contributed by atoms with E-state index in [1.165, 1.54) is 30.3 Å². The summed E-state index contributed by atoms with van der Waals surface area (Å²) in [5, 5.41) is 25.9. The zero-order valence-electron chi connectivity index (χ0n) is 23.7. The Bertz CT molecular complexity index is 1760. The Morgan fingerprint density at radius 1 is 0.833 bits per heavy atom. The molecule has 210 valence electrons. The average molecular weight is 576 g/mol. The van der Waals surface area contributed by atoms with Gasteiger partial charge in [-0.1, -0.05) is 99.6 Å². The average Bonchev–Trinajstić information content (AvgIpc) is 3.39. The molecule has 0 radical (unpaired) electrons. The van der Waals surface area contributed by atoms with Crippen molar-refractivity contribution in [2.45, 2.75) is 38.1 Å². The van der Waals surface area contributed by atoms with Crippen LogP contribution in [0.1, 0.15) is 49.9 Å². The van der Waals surface area contributed by atoms with Crippen LogP contribution in [-0.2, 0) is 15.2 Å². The molecule has 42 heavy (non-hydrogen) atoms. The minimum atomic E-state index is -1.26. The van der Waals surface area contributed by atoms with Crippen LogP contribution in [0.4, 0.5) is 17.1 Å². The van der Waals surface area contributed by atoms with Crippen LogP contribution in [0.15, 0.2) is 113 Å². The van der Waals surface area contributed by atoms with Gasteiger partial charge in [-0.15, -0.1) is 0 Å². The topological polar surface area (TPSA) is 91.4 Å². The van der Waals surface area contributed by atoms with E-state index in [1.807, 2.05) is 59.6 Å². The van der Waals surface area contributed by atoms with Crippen molar-refractivity contribution in [2.24, 2.45) is 10.2 Å². The Kier molecular flexibility index (Phi) is 6.69. The quantitative estimate of drug-likeness (QED) is 0.182. The molecule has 2 heterocycles. The minimum absolute atomic E-state index is 0.00321. The highest BCUT2D eigenvalue weighted by molar-refractivity contribution is 8.17. The summed E-state index contributed by atoms with van der Waals surface area (Å²) in [6.07, 6.45) is 0. The van der Waals surface area contributed by atoms with Crippen molar-refractivity contribution in [3.05, 3.63) is 135 Å². The maximum atomic E-state index is 12.9. The van der Waals surface area contributed by atoms with Crippen LogP contribution >= 0.6 is 11.8 Å². The maximum absolute atomic E-state index is 12.9. The lowest BCUT2D eigenvalue weighted by Crippen LogP contribution is -2.54. The monoisotopic (exact) mass is 575 g/mol. The summed E-state index contributed by atoms with van der Waals surface area (Å²) in [4.78, 5) is 23.4. The number of fused-ring (bicyclic) bond motifs is 2. The molecule has 0 aliphatic carbocycles. The molecule has 0 bridgehead atoms. The molecule has 1 spiro atoms. The van der Waals surface area contributed by atoms with Gasteiger partial charge in [-0.25, -0.2) is 10.0 Å². The molecular weight excluding hydrogens is 546 g/mol. The molecule has 0 aromatic heterocycles. The van der Waals surface area contributed by atoms with Crippen LogP contribution in [0.5, 0.6) is 0 Å². The fraction of sp³-hybridized carbons (Fsp3) is 0.182. The van der Waals surface area contributed by atoms with Gasteiger partial charge in [0.15, 0.2) is 10.8 Å². The lowest BCUT2D eigenvalue weighted by molar-refractivity contribution is -0.384. The number of nitro groups is 1. The number of benzene rings is 4. The third kappa shape index (κ3) is 4.46. The summed E-state index contributed by atoms with van der Waals surface area (Å²) >= 11 is 1.24. The number of rotatable bonds is 5. The highest BCUT2D eigenvalue weighted by Gasteiger charge is 2.57. The molecule has 0 unspecified atom stereocenters. The number of nitrogens with zero attached hydrogens (tertiary/aromatic N) is 5. The normalized spacial score (nSPS) is 18.0. The maximum Gasteiger partial charge on any atom is 0.294 e. The van der Waals surface area contributed by atoms with Gasteiger partial charge in [0, 0.05) is 29.7 Å². The van der Waals surface area contributed by atoms with Crippen LogP contribution in [0.2, 0.25) is 0 Å². The van der Waals surface area contributed by atoms with E-state index < -0.39 is 9.92 Å². The van der Waals surface area contributed by atoms with E-state index in [2.05, 4.69) is 45.0 Å². The molecule has 9 heteroatoms. The highest BCUT2D eigenvalue weighted by Crippen LogP contribution is 2.56. The smallest absolute Gasteiger partial charge is 0.292 e. The van der Waals surface area contributed by atoms with E-state index in [9.17, 15) is 14.9 Å². The Balaban J connectivity index is 1.65. The van der Waals surface area contributed by atoms with Crippen molar-refractivity contribution in [1.29, 1.82) is 0 Å². The molecule has 0 saturated carbocycles. The van der Waals surface area contributed by atoms with E-state index in [-0.39, 0.29) is 27.6 Å². The van der Waals surface area contributed by atoms with E-state index in [4.69, 9.17) is 10.2 Å². The molecule has 4 aromatic rings. The number of carbonyl (C=O) groups is 1. The van der Waals surface area contributed by atoms with E-state index in [0.29, 0.717) is 0 Å². The van der Waals surface area contributed by atoms with Gasteiger partial charge in [-0.3, -0.25) is 14.9 Å². The second-order valence-corrected chi connectivity index (χ2v) is 12.4. The van der Waals surface area contributed by atoms with Crippen LogP contribution in [-0.4, -0.2) is 21.5 Å². The molecule has 6 rings (SSSR count). The fourth-order valence-electron chi connectivity index (χ4n) is 5.27. The second-order valence-electron chi connectivity index (χ2n) is 11.2. The standard InChI is InChI=1S/C33H29N5O3S/c1-22(39)31-35-37(28-16-10-11-17-29(28)38(40)41)33(42-31)27-15-9-8-14-26(27)30(34-36(33)25-12-6-5-7-13-25)23-18-20-24(21-19-23)32(2,3)4/h5-21H,1-4H3/t33-/m1/s1. The van der Waals surface area contributed by atoms with Crippen molar-refractivity contribution < 1.29 is 9.72 Å². The number of para-hydroxylation sites is 3. The van der Waals surface area contributed by atoms with Gasteiger partial charge in [-0.05, 0) is 40.9 Å². The number of hydrazone groups is 2. The summed E-state index contributed by atoms with van der Waals surface area (Å²) in [7, 11) is 0. The molecular formula is C33H29N5O3S. The third-order valence-electron chi connectivity index (χ3n) is 7.37. The Morgan fingerprint density at radius 3 is 2.14 bits per heavy atom. The molecule has 0 fully saturated rings. The van der Waals surface area contributed by atoms with Crippen molar-refractivity contribution in [3.63, 3.8) is 0 Å². The molecule has 0 N–H and O–H groups in total. The first-order chi connectivity index (χ1) is 20.1. The number of ketones is 1. The largest absolute Gasteiger partial charge is 0.294 e. The summed E-state index contributed by atoms with van der Waals surface area (Å²) < 4.78 is 0. The highest BCUT2D eigenvalue weighted by atomic mass is 32.2. The van der Waals surface area contributed by atoms with Crippen molar-refractivity contribution >= 4 is 45.4 Å². The third-order valence-corrected chi connectivity index (χ3v) is 8.78. The predicted molar refractivity (Wildman–Crippen MR) is 169 cm³/mol. The van der Waals surface area contributed by atoms with Crippen LogP contribution < -0.4 is 10.0 Å². The van der Waals surface area contributed by atoms with Gasteiger partial charge in [0.25, 0.3) is 5.69 Å². The number of hydrogen-bond acceptors (Lipinski definition) is 8. The van der Waals surface area contributed by atoms with Crippen molar-refractivity contribution in [3.8, 4) is 0 Å². The molecule has 2 aliphatic heterocycles. The van der Waals surface area contributed by atoms with Gasteiger partial charge in [0.1, 0.15) is 5.69 Å². The number of hydrogen-bond donors (Lipinski definition) is 0.